The van der Waals surface area contributed by atoms with E-state index in [4.69, 9.17) is 10.7 Å². The second kappa shape index (κ2) is 4.76. The minimum Gasteiger partial charge on any atom is -0.319 e. The number of nitrogens with two attached hydrogens (primary N) is 1. The molecule has 1 atom stereocenters. The predicted molar refractivity (Wildman–Crippen MR) is 81.6 cm³/mol. The zero-order chi connectivity index (χ0) is 13.4. The van der Waals surface area contributed by atoms with E-state index in [1.807, 2.05) is 18.2 Å². The van der Waals surface area contributed by atoms with Gasteiger partial charge in [0.05, 0.1) is 17.3 Å². The van der Waals surface area contributed by atoms with Gasteiger partial charge in [-0.15, -0.1) is 11.3 Å². The van der Waals surface area contributed by atoms with Crippen LogP contribution in [0, 0.1) is 13.8 Å². The number of nitrogens with zero attached hydrogens (tertiary/aromatic N) is 1. The maximum atomic E-state index is 6.37. The first-order chi connectivity index (χ1) is 9.16. The molecule has 2 aromatic heterocycles. The molecule has 0 spiro atoms. The summed E-state index contributed by atoms with van der Waals surface area (Å²) in [5.74, 6) is 0. The molecule has 2 nitrogen and oxygen atoms in total. The number of aromatic nitrogens is 1. The van der Waals surface area contributed by atoms with Gasteiger partial charge in [0.15, 0.2) is 0 Å². The van der Waals surface area contributed by atoms with Crippen molar-refractivity contribution in [3.05, 3.63) is 63.5 Å². The molecule has 0 aliphatic heterocycles. The lowest BCUT2D eigenvalue weighted by atomic mass is 10.0. The Morgan fingerprint density at radius 3 is 2.68 bits per heavy atom. The van der Waals surface area contributed by atoms with Gasteiger partial charge in [-0.3, -0.25) is 4.98 Å². The van der Waals surface area contributed by atoms with Crippen LogP contribution in [0.25, 0.3) is 10.9 Å². The Kier molecular flexibility index (Phi) is 3.09. The van der Waals surface area contributed by atoms with E-state index in [1.165, 1.54) is 21.4 Å². The molecule has 19 heavy (non-hydrogen) atoms. The summed E-state index contributed by atoms with van der Waals surface area (Å²) in [5, 5.41) is 3.28. The summed E-state index contributed by atoms with van der Waals surface area (Å²) in [6.45, 7) is 4.22. The van der Waals surface area contributed by atoms with Gasteiger partial charge in [-0.05, 0) is 48.6 Å². The van der Waals surface area contributed by atoms with E-state index in [0.29, 0.717) is 0 Å². The van der Waals surface area contributed by atoms with Crippen molar-refractivity contribution in [1.82, 2.24) is 4.98 Å². The van der Waals surface area contributed by atoms with Crippen LogP contribution in [0.1, 0.15) is 27.7 Å². The Morgan fingerprint density at radius 2 is 1.95 bits per heavy atom. The molecule has 2 N–H and O–H groups in total. The Hall–Kier alpha value is -1.71. The molecular weight excluding hydrogens is 252 g/mol. The maximum Gasteiger partial charge on any atom is 0.0737 e. The smallest absolute Gasteiger partial charge is 0.0737 e. The lowest BCUT2D eigenvalue weighted by molar-refractivity contribution is 0.832. The van der Waals surface area contributed by atoms with Gasteiger partial charge in [-0.2, -0.15) is 0 Å². The summed E-state index contributed by atoms with van der Waals surface area (Å²) in [5.41, 5.74) is 10.7. The van der Waals surface area contributed by atoms with Gasteiger partial charge in [0.2, 0.25) is 0 Å². The molecule has 0 saturated carbocycles. The van der Waals surface area contributed by atoms with Crippen LogP contribution in [0.4, 0.5) is 0 Å². The Bertz CT molecular complexity index is 730. The third kappa shape index (κ3) is 2.15. The average Bonchev–Trinajstić information content (AvgIpc) is 2.84. The number of benzene rings is 1. The van der Waals surface area contributed by atoms with Crippen LogP contribution in [-0.2, 0) is 0 Å². The van der Waals surface area contributed by atoms with Crippen LogP contribution in [0.5, 0.6) is 0 Å². The van der Waals surface area contributed by atoms with Crippen molar-refractivity contribution in [2.45, 2.75) is 19.9 Å². The Morgan fingerprint density at radius 1 is 1.16 bits per heavy atom. The number of hydrogen-bond donors (Lipinski definition) is 1. The van der Waals surface area contributed by atoms with E-state index in [9.17, 15) is 0 Å². The van der Waals surface area contributed by atoms with Crippen molar-refractivity contribution in [3.63, 3.8) is 0 Å². The molecule has 3 rings (SSSR count). The van der Waals surface area contributed by atoms with Crippen molar-refractivity contribution < 1.29 is 0 Å². The first-order valence-electron chi connectivity index (χ1n) is 6.32. The van der Waals surface area contributed by atoms with E-state index in [-0.39, 0.29) is 6.04 Å². The summed E-state index contributed by atoms with van der Waals surface area (Å²) in [6.07, 6.45) is 0. The number of hydrogen-bond acceptors (Lipinski definition) is 3. The predicted octanol–water partition coefficient (Wildman–Crippen LogP) is 3.96. The highest BCUT2D eigenvalue weighted by atomic mass is 32.1. The summed E-state index contributed by atoms with van der Waals surface area (Å²) in [4.78, 5) is 5.98. The summed E-state index contributed by atoms with van der Waals surface area (Å²) >= 11 is 1.73. The molecule has 3 aromatic rings. The molecule has 0 radical (unpaired) electrons. The first kappa shape index (κ1) is 12.3. The van der Waals surface area contributed by atoms with Crippen molar-refractivity contribution in [1.29, 1.82) is 0 Å². The largest absolute Gasteiger partial charge is 0.319 e. The van der Waals surface area contributed by atoms with Gasteiger partial charge in [0.1, 0.15) is 0 Å². The van der Waals surface area contributed by atoms with Crippen molar-refractivity contribution in [3.8, 4) is 0 Å². The van der Waals surface area contributed by atoms with Gasteiger partial charge >= 0.3 is 0 Å². The molecule has 0 fully saturated rings. The van der Waals surface area contributed by atoms with Crippen LogP contribution in [0.2, 0.25) is 0 Å². The van der Waals surface area contributed by atoms with Crippen LogP contribution in [-0.4, -0.2) is 4.98 Å². The number of fused-ring (bicyclic) bond motifs is 1. The number of rotatable bonds is 2. The normalized spacial score (nSPS) is 12.8. The number of aryl methyl sites for hydroxylation is 2. The summed E-state index contributed by atoms with van der Waals surface area (Å²) < 4.78 is 0. The van der Waals surface area contributed by atoms with Crippen LogP contribution >= 0.6 is 11.3 Å². The molecule has 2 heterocycles. The monoisotopic (exact) mass is 268 g/mol. The number of para-hydroxylation sites is 1. The molecule has 96 valence electrons. The topological polar surface area (TPSA) is 38.9 Å². The summed E-state index contributed by atoms with van der Waals surface area (Å²) in [7, 11) is 0. The second-order valence-corrected chi connectivity index (χ2v) is 5.91. The zero-order valence-corrected chi connectivity index (χ0v) is 11.9. The highest BCUT2D eigenvalue weighted by Crippen LogP contribution is 2.27. The molecule has 0 bridgehead atoms. The molecule has 1 aromatic carbocycles. The lowest BCUT2D eigenvalue weighted by Crippen LogP contribution is -2.14. The van der Waals surface area contributed by atoms with Gasteiger partial charge in [0.25, 0.3) is 0 Å². The lowest BCUT2D eigenvalue weighted by Gasteiger charge is -2.13. The van der Waals surface area contributed by atoms with Crippen molar-refractivity contribution in [2.24, 2.45) is 5.73 Å². The fraction of sp³-hybridized carbons (Fsp3) is 0.188. The number of thiophene rings is 1. The number of pyridine rings is 1. The fourth-order valence-electron chi connectivity index (χ4n) is 2.41. The highest BCUT2D eigenvalue weighted by Gasteiger charge is 2.15. The summed E-state index contributed by atoms with van der Waals surface area (Å²) in [6, 6.07) is 12.2. The van der Waals surface area contributed by atoms with Crippen molar-refractivity contribution >= 4 is 22.2 Å². The van der Waals surface area contributed by atoms with E-state index in [1.54, 1.807) is 11.3 Å². The van der Waals surface area contributed by atoms with Crippen LogP contribution < -0.4 is 5.73 Å². The minimum absolute atomic E-state index is 0.144. The standard InChI is InChI=1S/C16H16N2S/c1-10-9-15(16(17)13-7-8-19-11(13)2)18-14-6-4-3-5-12(10)14/h3-9,16H,17H2,1-2H3. The highest BCUT2D eigenvalue weighted by molar-refractivity contribution is 7.10. The van der Waals surface area contributed by atoms with Gasteiger partial charge < -0.3 is 5.73 Å². The van der Waals surface area contributed by atoms with E-state index >= 15 is 0 Å². The molecule has 0 aliphatic rings. The third-order valence-corrected chi connectivity index (χ3v) is 4.36. The van der Waals surface area contributed by atoms with Gasteiger partial charge in [-0.25, -0.2) is 0 Å². The van der Waals surface area contributed by atoms with Crippen LogP contribution in [0.15, 0.2) is 41.8 Å². The minimum atomic E-state index is -0.144. The van der Waals surface area contributed by atoms with Crippen LogP contribution in [0.3, 0.4) is 0 Å². The fourth-order valence-corrected chi connectivity index (χ4v) is 3.16. The molecule has 0 saturated heterocycles. The quantitative estimate of drug-likeness (QED) is 0.764. The van der Waals surface area contributed by atoms with E-state index < -0.39 is 0 Å². The second-order valence-electron chi connectivity index (χ2n) is 4.79. The molecular formula is C16H16N2S. The third-order valence-electron chi connectivity index (χ3n) is 3.50. The average molecular weight is 268 g/mol. The Balaban J connectivity index is 2.13. The SMILES string of the molecule is Cc1sccc1C(N)c1cc(C)c2ccccc2n1. The molecule has 0 amide bonds. The first-order valence-corrected chi connectivity index (χ1v) is 7.20. The Labute approximate surface area is 116 Å². The van der Waals surface area contributed by atoms with Crippen molar-refractivity contribution in [2.75, 3.05) is 0 Å². The van der Waals surface area contributed by atoms with Gasteiger partial charge in [-0.1, -0.05) is 18.2 Å². The molecule has 3 heteroatoms. The van der Waals surface area contributed by atoms with E-state index in [2.05, 4.69) is 37.4 Å². The zero-order valence-electron chi connectivity index (χ0n) is 11.1. The van der Waals surface area contributed by atoms with Gasteiger partial charge in [0, 0.05) is 10.3 Å². The molecule has 1 unspecified atom stereocenters. The maximum absolute atomic E-state index is 6.37. The molecule has 0 aliphatic carbocycles. The van der Waals surface area contributed by atoms with E-state index in [0.717, 1.165) is 11.2 Å².